The van der Waals surface area contributed by atoms with Crippen LogP contribution >= 0.6 is 0 Å². The summed E-state index contributed by atoms with van der Waals surface area (Å²) in [5.41, 5.74) is 1.67. The Morgan fingerprint density at radius 1 is 1.23 bits per heavy atom. The van der Waals surface area contributed by atoms with Crippen LogP contribution in [0.5, 0.6) is 0 Å². The summed E-state index contributed by atoms with van der Waals surface area (Å²) in [5, 5.41) is 0. The van der Waals surface area contributed by atoms with Crippen molar-refractivity contribution in [2.75, 3.05) is 24.6 Å². The highest BCUT2D eigenvalue weighted by atomic mass is 16.5. The van der Waals surface area contributed by atoms with Crippen molar-refractivity contribution >= 4 is 23.5 Å². The fourth-order valence-electron chi connectivity index (χ4n) is 3.92. The number of para-hydroxylation sites is 1. The van der Waals surface area contributed by atoms with Crippen molar-refractivity contribution in [3.63, 3.8) is 0 Å². The lowest BCUT2D eigenvalue weighted by Crippen LogP contribution is -2.48. The van der Waals surface area contributed by atoms with Crippen LogP contribution < -0.4 is 4.90 Å². The molecule has 0 radical (unpaired) electrons. The van der Waals surface area contributed by atoms with Gasteiger partial charge in [-0.25, -0.2) is 4.90 Å². The second kappa shape index (κ2) is 7.99. The average Bonchev–Trinajstić information content (AvgIpc) is 2.96. The number of hydrogen-bond acceptors (Lipinski definition) is 5. The predicted molar refractivity (Wildman–Crippen MR) is 97.6 cm³/mol. The molecule has 0 aliphatic carbocycles. The number of likely N-dealkylation sites (tertiary alicyclic amines) is 1. The van der Waals surface area contributed by atoms with Gasteiger partial charge in [0.1, 0.15) is 0 Å². The van der Waals surface area contributed by atoms with Crippen LogP contribution in [0.3, 0.4) is 0 Å². The van der Waals surface area contributed by atoms with Crippen LogP contribution in [0.25, 0.3) is 0 Å². The fourth-order valence-corrected chi connectivity index (χ4v) is 3.92. The van der Waals surface area contributed by atoms with E-state index in [1.165, 1.54) is 4.90 Å². The first-order chi connectivity index (χ1) is 12.6. The minimum atomic E-state index is -0.482. The van der Waals surface area contributed by atoms with Gasteiger partial charge in [-0.05, 0) is 44.4 Å². The van der Waals surface area contributed by atoms with Crippen molar-refractivity contribution < 1.29 is 19.1 Å². The van der Waals surface area contributed by atoms with Crippen LogP contribution in [-0.4, -0.2) is 48.4 Å². The molecule has 0 saturated carbocycles. The Labute approximate surface area is 154 Å². The van der Waals surface area contributed by atoms with E-state index in [1.807, 2.05) is 36.1 Å². The number of hydrogen-bond donors (Lipinski definition) is 0. The van der Waals surface area contributed by atoms with Gasteiger partial charge in [-0.1, -0.05) is 25.1 Å². The number of imide groups is 1. The first-order valence-corrected chi connectivity index (χ1v) is 9.42. The number of benzene rings is 1. The van der Waals surface area contributed by atoms with E-state index in [-0.39, 0.29) is 30.1 Å². The molecule has 0 unspecified atom stereocenters. The molecule has 0 bridgehead atoms. The lowest BCUT2D eigenvalue weighted by atomic mass is 9.96. The molecule has 2 aliphatic rings. The molecule has 0 N–H and O–H groups in total. The lowest BCUT2D eigenvalue weighted by molar-refractivity contribution is -0.150. The maximum atomic E-state index is 13.0. The van der Waals surface area contributed by atoms with E-state index in [4.69, 9.17) is 4.74 Å². The number of carbonyl (C=O) groups is 3. The van der Waals surface area contributed by atoms with Gasteiger partial charge in [0.25, 0.3) is 5.91 Å². The topological polar surface area (TPSA) is 66.9 Å². The monoisotopic (exact) mass is 358 g/mol. The van der Waals surface area contributed by atoms with Gasteiger partial charge >= 0.3 is 5.97 Å². The quantitative estimate of drug-likeness (QED) is 0.596. The van der Waals surface area contributed by atoms with Crippen molar-refractivity contribution in [2.24, 2.45) is 5.92 Å². The van der Waals surface area contributed by atoms with Crippen LogP contribution in [0, 0.1) is 5.92 Å². The molecule has 0 spiro atoms. The summed E-state index contributed by atoms with van der Waals surface area (Å²) in [5.74, 6) is -0.773. The van der Waals surface area contributed by atoms with Gasteiger partial charge in [0.05, 0.1) is 30.7 Å². The third-order valence-electron chi connectivity index (χ3n) is 5.25. The molecule has 0 aromatic heterocycles. The third-order valence-corrected chi connectivity index (χ3v) is 5.25. The van der Waals surface area contributed by atoms with Gasteiger partial charge in [0.2, 0.25) is 5.91 Å². The van der Waals surface area contributed by atoms with Crippen molar-refractivity contribution in [3.8, 4) is 0 Å². The highest BCUT2D eigenvalue weighted by Gasteiger charge is 2.44. The molecule has 2 saturated heterocycles. The molecule has 2 atom stereocenters. The second-order valence-corrected chi connectivity index (χ2v) is 6.86. The standard InChI is InChI=1S/C20H26N2O4/c1-3-14-8-5-6-10-16(14)22-18(23)12-17(19(22)24)21-11-7-9-15(13-21)20(25)26-4-2/h5-6,8,10,15,17H,3-4,7,9,11-13H2,1-2H3/t15-,17-/m1/s1. The Bertz CT molecular complexity index is 703. The maximum absolute atomic E-state index is 13.0. The highest BCUT2D eigenvalue weighted by molar-refractivity contribution is 6.22. The average molecular weight is 358 g/mol. The van der Waals surface area contributed by atoms with Crippen LogP contribution in [-0.2, 0) is 25.5 Å². The Kier molecular flexibility index (Phi) is 5.71. The molecular formula is C20H26N2O4. The Morgan fingerprint density at radius 2 is 2.00 bits per heavy atom. The van der Waals surface area contributed by atoms with Crippen molar-refractivity contribution in [1.29, 1.82) is 0 Å². The number of esters is 1. The first kappa shape index (κ1) is 18.6. The van der Waals surface area contributed by atoms with Gasteiger partial charge in [-0.2, -0.15) is 0 Å². The fraction of sp³-hybridized carbons (Fsp3) is 0.550. The largest absolute Gasteiger partial charge is 0.466 e. The number of carbonyl (C=O) groups excluding carboxylic acids is 3. The number of anilines is 1. The molecule has 1 aromatic rings. The number of rotatable bonds is 5. The summed E-state index contributed by atoms with van der Waals surface area (Å²) in [7, 11) is 0. The molecule has 2 fully saturated rings. The predicted octanol–water partition coefficient (Wildman–Crippen LogP) is 2.16. The molecule has 6 nitrogen and oxygen atoms in total. The van der Waals surface area contributed by atoms with Crippen LogP contribution in [0.4, 0.5) is 5.69 Å². The number of amides is 2. The number of ether oxygens (including phenoxy) is 1. The first-order valence-electron chi connectivity index (χ1n) is 9.42. The van der Waals surface area contributed by atoms with Crippen molar-refractivity contribution in [2.45, 2.75) is 45.6 Å². The third kappa shape index (κ3) is 3.51. The minimum Gasteiger partial charge on any atom is -0.466 e. The highest BCUT2D eigenvalue weighted by Crippen LogP contribution is 2.31. The molecule has 2 amide bonds. The maximum Gasteiger partial charge on any atom is 0.310 e. The molecule has 140 valence electrons. The van der Waals surface area contributed by atoms with E-state index in [9.17, 15) is 14.4 Å². The smallest absolute Gasteiger partial charge is 0.310 e. The normalized spacial score (nSPS) is 24.2. The molecule has 1 aromatic carbocycles. The molecule has 26 heavy (non-hydrogen) atoms. The minimum absolute atomic E-state index is 0.167. The Morgan fingerprint density at radius 3 is 2.73 bits per heavy atom. The summed E-state index contributed by atoms with van der Waals surface area (Å²) in [6, 6.07) is 7.05. The number of piperidine rings is 1. The van der Waals surface area contributed by atoms with E-state index >= 15 is 0 Å². The van der Waals surface area contributed by atoms with E-state index in [0.29, 0.717) is 18.8 Å². The molecule has 3 rings (SSSR count). The SMILES string of the molecule is CCOC(=O)[C@@H]1CCCN([C@@H]2CC(=O)N(c3ccccc3CC)C2=O)C1. The lowest BCUT2D eigenvalue weighted by Gasteiger charge is -2.34. The number of aryl methyl sites for hydroxylation is 1. The summed E-state index contributed by atoms with van der Waals surface area (Å²) in [6.45, 7) is 5.36. The summed E-state index contributed by atoms with van der Waals surface area (Å²) < 4.78 is 5.13. The van der Waals surface area contributed by atoms with E-state index in [1.54, 1.807) is 6.92 Å². The molecular weight excluding hydrogens is 332 g/mol. The summed E-state index contributed by atoms with van der Waals surface area (Å²) in [4.78, 5) is 41.0. The summed E-state index contributed by atoms with van der Waals surface area (Å²) >= 11 is 0. The van der Waals surface area contributed by atoms with Crippen LogP contribution in [0.2, 0.25) is 0 Å². The van der Waals surface area contributed by atoms with E-state index in [2.05, 4.69) is 0 Å². The Balaban J connectivity index is 1.77. The van der Waals surface area contributed by atoms with Gasteiger partial charge in [-0.15, -0.1) is 0 Å². The molecule has 2 aliphatic heterocycles. The van der Waals surface area contributed by atoms with Crippen LogP contribution in [0.15, 0.2) is 24.3 Å². The molecule has 6 heteroatoms. The van der Waals surface area contributed by atoms with Crippen molar-refractivity contribution in [1.82, 2.24) is 4.90 Å². The zero-order valence-corrected chi connectivity index (χ0v) is 15.4. The van der Waals surface area contributed by atoms with Gasteiger partial charge in [0, 0.05) is 6.54 Å². The Hall–Kier alpha value is -2.21. The number of nitrogens with zero attached hydrogens (tertiary/aromatic N) is 2. The van der Waals surface area contributed by atoms with E-state index < -0.39 is 6.04 Å². The van der Waals surface area contributed by atoms with E-state index in [0.717, 1.165) is 31.4 Å². The van der Waals surface area contributed by atoms with Crippen molar-refractivity contribution in [3.05, 3.63) is 29.8 Å². The molecule has 2 heterocycles. The summed E-state index contributed by atoms with van der Waals surface area (Å²) in [6.07, 6.45) is 2.53. The van der Waals surface area contributed by atoms with Gasteiger partial charge in [0.15, 0.2) is 0 Å². The van der Waals surface area contributed by atoms with Gasteiger partial charge < -0.3 is 4.74 Å². The second-order valence-electron chi connectivity index (χ2n) is 6.86. The zero-order valence-electron chi connectivity index (χ0n) is 15.4. The van der Waals surface area contributed by atoms with Crippen LogP contribution in [0.1, 0.15) is 38.7 Å². The zero-order chi connectivity index (χ0) is 18.7. The van der Waals surface area contributed by atoms with Gasteiger partial charge in [-0.3, -0.25) is 19.3 Å².